The zero-order chi connectivity index (χ0) is 9.78. The Labute approximate surface area is 74.1 Å². The fourth-order valence-electron chi connectivity index (χ4n) is 0.736. The Hall–Kier alpha value is -0.610. The van der Waals surface area contributed by atoms with Gasteiger partial charge < -0.3 is 5.73 Å². The third-order valence-electron chi connectivity index (χ3n) is 2.10. The highest BCUT2D eigenvalue weighted by molar-refractivity contribution is 5.81. The van der Waals surface area contributed by atoms with Crippen LogP contribution in [0, 0.1) is 5.41 Å². The van der Waals surface area contributed by atoms with Gasteiger partial charge in [-0.15, -0.1) is 0 Å². The van der Waals surface area contributed by atoms with Gasteiger partial charge in [0, 0.05) is 20.6 Å². The average Bonchev–Trinajstić information content (AvgIpc) is 2.02. The zero-order valence-electron chi connectivity index (χ0n) is 8.35. The van der Waals surface area contributed by atoms with Gasteiger partial charge in [0.05, 0.1) is 5.41 Å². The Morgan fingerprint density at radius 2 is 2.08 bits per heavy atom. The van der Waals surface area contributed by atoms with Crippen molar-refractivity contribution in [2.45, 2.75) is 20.3 Å². The zero-order valence-corrected chi connectivity index (χ0v) is 8.35. The molecule has 0 rings (SSSR count). The second-order valence-corrected chi connectivity index (χ2v) is 3.45. The number of nitrogens with zero attached hydrogens (tertiary/aromatic N) is 1. The van der Waals surface area contributed by atoms with Crippen LogP contribution in [0.3, 0.4) is 0 Å². The van der Waals surface area contributed by atoms with Crippen LogP contribution in [-0.4, -0.2) is 31.6 Å². The van der Waals surface area contributed by atoms with E-state index >= 15 is 0 Å². The van der Waals surface area contributed by atoms with Crippen LogP contribution in [-0.2, 0) is 4.79 Å². The highest BCUT2D eigenvalue weighted by Gasteiger charge is 2.29. The Bertz CT molecular complexity index is 152. The van der Waals surface area contributed by atoms with Crippen molar-refractivity contribution in [1.82, 2.24) is 10.4 Å². The number of hydrazine groups is 1. The second kappa shape index (κ2) is 4.42. The summed E-state index contributed by atoms with van der Waals surface area (Å²) >= 11 is 0. The number of nitrogens with two attached hydrogens (primary N) is 1. The number of nitrogens with one attached hydrogen (secondary N) is 1. The quantitative estimate of drug-likeness (QED) is 0.586. The number of hydrogen-bond acceptors (Lipinski definition) is 3. The molecule has 0 aliphatic rings. The van der Waals surface area contributed by atoms with Crippen LogP contribution in [0.15, 0.2) is 0 Å². The fourth-order valence-corrected chi connectivity index (χ4v) is 0.736. The summed E-state index contributed by atoms with van der Waals surface area (Å²) in [4.78, 5) is 11.5. The number of hydrogen-bond donors (Lipinski definition) is 2. The summed E-state index contributed by atoms with van der Waals surface area (Å²) in [7, 11) is 3.56. The molecule has 0 fully saturated rings. The average molecular weight is 173 g/mol. The molecule has 4 heteroatoms. The molecule has 0 aliphatic heterocycles. The molecule has 1 atom stereocenters. The molecule has 0 aromatic heterocycles. The Balaban J connectivity index is 4.22. The smallest absolute Gasteiger partial charge is 0.241 e. The SMILES string of the molecule is CCC(C)(CN)C(=O)NN(C)C. The fraction of sp³-hybridized carbons (Fsp3) is 0.875. The van der Waals surface area contributed by atoms with E-state index in [1.54, 1.807) is 19.1 Å². The van der Waals surface area contributed by atoms with Gasteiger partial charge in [-0.2, -0.15) is 0 Å². The molecule has 0 heterocycles. The van der Waals surface area contributed by atoms with Crippen LogP contribution >= 0.6 is 0 Å². The van der Waals surface area contributed by atoms with Crippen LogP contribution in [0.2, 0.25) is 0 Å². The van der Waals surface area contributed by atoms with Crippen molar-refractivity contribution in [3.05, 3.63) is 0 Å². The van der Waals surface area contributed by atoms with E-state index in [0.717, 1.165) is 6.42 Å². The van der Waals surface area contributed by atoms with Crippen molar-refractivity contribution in [2.24, 2.45) is 11.1 Å². The molecule has 0 radical (unpaired) electrons. The van der Waals surface area contributed by atoms with Gasteiger partial charge >= 0.3 is 0 Å². The van der Waals surface area contributed by atoms with Gasteiger partial charge in [-0.3, -0.25) is 10.2 Å². The first-order valence-corrected chi connectivity index (χ1v) is 4.14. The summed E-state index contributed by atoms with van der Waals surface area (Å²) in [6.45, 7) is 4.21. The van der Waals surface area contributed by atoms with Gasteiger partial charge in [0.15, 0.2) is 0 Å². The van der Waals surface area contributed by atoms with Crippen LogP contribution in [0.4, 0.5) is 0 Å². The van der Waals surface area contributed by atoms with E-state index in [0.29, 0.717) is 6.54 Å². The Morgan fingerprint density at radius 1 is 1.58 bits per heavy atom. The largest absolute Gasteiger partial charge is 0.329 e. The molecule has 0 spiro atoms. The maximum Gasteiger partial charge on any atom is 0.241 e. The first-order valence-electron chi connectivity index (χ1n) is 4.14. The molecular weight excluding hydrogens is 154 g/mol. The summed E-state index contributed by atoms with van der Waals surface area (Å²) in [5, 5.41) is 1.63. The van der Waals surface area contributed by atoms with E-state index in [2.05, 4.69) is 5.43 Å². The summed E-state index contributed by atoms with van der Waals surface area (Å²) in [6, 6.07) is 0. The highest BCUT2D eigenvalue weighted by atomic mass is 16.2. The van der Waals surface area contributed by atoms with E-state index in [1.165, 1.54) is 0 Å². The lowest BCUT2D eigenvalue weighted by Gasteiger charge is -2.26. The number of amides is 1. The predicted molar refractivity (Wildman–Crippen MR) is 49.3 cm³/mol. The van der Waals surface area contributed by atoms with E-state index in [-0.39, 0.29) is 5.91 Å². The number of carbonyl (C=O) groups is 1. The Kier molecular flexibility index (Phi) is 4.20. The molecule has 1 amide bonds. The molecule has 0 aromatic carbocycles. The summed E-state index contributed by atoms with van der Waals surface area (Å²) in [5.74, 6) is -0.0162. The van der Waals surface area contributed by atoms with Crippen molar-refractivity contribution in [3.8, 4) is 0 Å². The molecule has 4 nitrogen and oxygen atoms in total. The normalized spacial score (nSPS) is 15.8. The van der Waals surface area contributed by atoms with Crippen LogP contribution < -0.4 is 11.2 Å². The molecule has 0 aromatic rings. The molecule has 0 aliphatic carbocycles. The molecule has 0 saturated heterocycles. The lowest BCUT2D eigenvalue weighted by atomic mass is 9.87. The maximum atomic E-state index is 11.5. The van der Waals surface area contributed by atoms with Crippen molar-refractivity contribution >= 4 is 5.91 Å². The first kappa shape index (κ1) is 11.4. The van der Waals surface area contributed by atoms with Crippen molar-refractivity contribution < 1.29 is 4.79 Å². The lowest BCUT2D eigenvalue weighted by molar-refractivity contribution is -0.133. The molecule has 3 N–H and O–H groups in total. The second-order valence-electron chi connectivity index (χ2n) is 3.45. The third kappa shape index (κ3) is 2.79. The highest BCUT2D eigenvalue weighted by Crippen LogP contribution is 2.18. The summed E-state index contributed by atoms with van der Waals surface area (Å²) in [6.07, 6.45) is 0.753. The molecule has 0 saturated carbocycles. The minimum absolute atomic E-state index is 0.0162. The topological polar surface area (TPSA) is 58.4 Å². The van der Waals surface area contributed by atoms with E-state index in [9.17, 15) is 4.79 Å². The van der Waals surface area contributed by atoms with Gasteiger partial charge in [-0.25, -0.2) is 5.01 Å². The number of carbonyl (C=O) groups excluding carboxylic acids is 1. The lowest BCUT2D eigenvalue weighted by Crippen LogP contribution is -2.48. The summed E-state index contributed by atoms with van der Waals surface area (Å²) < 4.78 is 0. The molecular formula is C8H19N3O. The summed E-state index contributed by atoms with van der Waals surface area (Å²) in [5.41, 5.74) is 7.77. The van der Waals surface area contributed by atoms with Crippen molar-refractivity contribution in [1.29, 1.82) is 0 Å². The minimum atomic E-state index is -0.440. The van der Waals surface area contributed by atoms with Crippen LogP contribution in [0.1, 0.15) is 20.3 Å². The minimum Gasteiger partial charge on any atom is -0.329 e. The molecule has 72 valence electrons. The monoisotopic (exact) mass is 173 g/mol. The van der Waals surface area contributed by atoms with Gasteiger partial charge in [-0.1, -0.05) is 6.92 Å². The third-order valence-corrected chi connectivity index (χ3v) is 2.10. The van der Waals surface area contributed by atoms with E-state index in [4.69, 9.17) is 5.73 Å². The van der Waals surface area contributed by atoms with Gasteiger partial charge in [0.25, 0.3) is 0 Å². The molecule has 1 unspecified atom stereocenters. The maximum absolute atomic E-state index is 11.5. The van der Waals surface area contributed by atoms with Crippen LogP contribution in [0.25, 0.3) is 0 Å². The molecule has 12 heavy (non-hydrogen) atoms. The van der Waals surface area contributed by atoms with Gasteiger partial charge in [0.2, 0.25) is 5.91 Å². The standard InChI is InChI=1S/C8H19N3O/c1-5-8(2,6-9)7(12)10-11(3)4/h5-6,9H2,1-4H3,(H,10,12). The predicted octanol–water partition coefficient (Wildman–Crippen LogP) is -0.0458. The molecule has 0 bridgehead atoms. The van der Waals surface area contributed by atoms with E-state index < -0.39 is 5.41 Å². The van der Waals surface area contributed by atoms with Gasteiger partial charge in [0.1, 0.15) is 0 Å². The van der Waals surface area contributed by atoms with E-state index in [1.807, 2.05) is 13.8 Å². The van der Waals surface area contributed by atoms with Gasteiger partial charge in [-0.05, 0) is 13.3 Å². The van der Waals surface area contributed by atoms with Crippen molar-refractivity contribution in [3.63, 3.8) is 0 Å². The number of rotatable bonds is 4. The Morgan fingerprint density at radius 3 is 2.33 bits per heavy atom. The van der Waals surface area contributed by atoms with Crippen molar-refractivity contribution in [2.75, 3.05) is 20.6 Å². The first-order chi connectivity index (χ1) is 5.46. The van der Waals surface area contributed by atoms with Crippen LogP contribution in [0.5, 0.6) is 0 Å².